The van der Waals surface area contributed by atoms with Gasteiger partial charge in [-0.25, -0.2) is 0 Å². The molecule has 0 radical (unpaired) electrons. The van der Waals surface area contributed by atoms with Gasteiger partial charge in [-0.1, -0.05) is 50.0 Å². The largest absolute Gasteiger partial charge is 0.343 e. The minimum Gasteiger partial charge on any atom is -0.343 e. The van der Waals surface area contributed by atoms with E-state index in [1.54, 1.807) is 0 Å². The van der Waals surface area contributed by atoms with Crippen LogP contribution in [0.2, 0.25) is 19.6 Å². The average Bonchev–Trinajstić information content (AvgIpc) is 2.63. The number of benzene rings is 1. The number of hydrogen-bond acceptors (Lipinski definition) is 2. The van der Waals surface area contributed by atoms with Crippen molar-refractivity contribution < 1.29 is 9.47 Å². The summed E-state index contributed by atoms with van der Waals surface area (Å²) in [6, 6.07) is 6.87. The lowest BCUT2D eigenvalue weighted by Gasteiger charge is -2.26. The van der Waals surface area contributed by atoms with Crippen molar-refractivity contribution in [3.63, 3.8) is 0 Å². The molecule has 2 nitrogen and oxygen atoms in total. The van der Waals surface area contributed by atoms with E-state index >= 15 is 0 Å². The van der Waals surface area contributed by atoms with Gasteiger partial charge in [-0.2, -0.15) is 0 Å². The lowest BCUT2D eigenvalue weighted by atomic mass is 10.0. The van der Waals surface area contributed by atoms with Crippen LogP contribution in [0.15, 0.2) is 18.2 Å². The molecule has 0 bridgehead atoms. The Balaban J connectivity index is 2.40. The van der Waals surface area contributed by atoms with Crippen LogP contribution < -0.4 is 5.19 Å². The normalized spacial score (nSPS) is 22.9. The zero-order valence-electron chi connectivity index (χ0n) is 13.9. The minimum absolute atomic E-state index is 0.174. The summed E-state index contributed by atoms with van der Waals surface area (Å²) in [6.45, 7) is 15.5. The first-order valence-electron chi connectivity index (χ1n) is 7.59. The Kier molecular flexibility index (Phi) is 4.16. The Labute approximate surface area is 124 Å². The van der Waals surface area contributed by atoms with E-state index in [0.717, 1.165) is 6.42 Å². The van der Waals surface area contributed by atoms with Crippen LogP contribution in [-0.4, -0.2) is 13.7 Å². The monoisotopic (exact) mass is 292 g/mol. The summed E-state index contributed by atoms with van der Waals surface area (Å²) in [5.41, 5.74) is 2.36. The van der Waals surface area contributed by atoms with Gasteiger partial charge < -0.3 is 9.47 Å². The topological polar surface area (TPSA) is 18.5 Å². The molecule has 0 amide bonds. The SMILES string of the molecule is CCC1OC(OC(C)(C)C)c2cc([Si](C)(C)C)ccc21. The highest BCUT2D eigenvalue weighted by Crippen LogP contribution is 2.42. The molecule has 1 aliphatic rings. The highest BCUT2D eigenvalue weighted by molar-refractivity contribution is 6.88. The van der Waals surface area contributed by atoms with E-state index in [-0.39, 0.29) is 18.0 Å². The predicted molar refractivity (Wildman–Crippen MR) is 87.1 cm³/mol. The number of rotatable bonds is 3. The molecule has 3 heteroatoms. The summed E-state index contributed by atoms with van der Waals surface area (Å²) in [5.74, 6) is 0. The Hall–Kier alpha value is -0.643. The molecule has 2 unspecified atom stereocenters. The maximum Gasteiger partial charge on any atom is 0.185 e. The average molecular weight is 292 g/mol. The second kappa shape index (κ2) is 5.28. The summed E-state index contributed by atoms with van der Waals surface area (Å²) in [4.78, 5) is 0. The summed E-state index contributed by atoms with van der Waals surface area (Å²) in [5, 5.41) is 1.47. The molecule has 1 aromatic rings. The summed E-state index contributed by atoms with van der Waals surface area (Å²) >= 11 is 0. The Bertz CT molecular complexity index is 483. The van der Waals surface area contributed by atoms with Gasteiger partial charge in [-0.15, -0.1) is 0 Å². The molecule has 20 heavy (non-hydrogen) atoms. The van der Waals surface area contributed by atoms with Gasteiger partial charge in [-0.3, -0.25) is 0 Å². The van der Waals surface area contributed by atoms with Crippen molar-refractivity contribution in [2.75, 3.05) is 0 Å². The van der Waals surface area contributed by atoms with Gasteiger partial charge in [0, 0.05) is 5.56 Å². The number of fused-ring (bicyclic) bond motifs is 1. The summed E-state index contributed by atoms with van der Waals surface area (Å²) in [7, 11) is -1.31. The van der Waals surface area contributed by atoms with Crippen molar-refractivity contribution in [1.29, 1.82) is 0 Å². The second-order valence-electron chi connectivity index (χ2n) is 7.69. The smallest absolute Gasteiger partial charge is 0.185 e. The van der Waals surface area contributed by atoms with Crippen LogP contribution in [0.5, 0.6) is 0 Å². The van der Waals surface area contributed by atoms with Crippen molar-refractivity contribution in [3.8, 4) is 0 Å². The van der Waals surface area contributed by atoms with Crippen LogP contribution in [0.25, 0.3) is 0 Å². The molecule has 2 rings (SSSR count). The zero-order valence-corrected chi connectivity index (χ0v) is 14.9. The minimum atomic E-state index is -1.31. The summed E-state index contributed by atoms with van der Waals surface area (Å²) < 4.78 is 12.2. The van der Waals surface area contributed by atoms with Crippen LogP contribution in [-0.2, 0) is 9.47 Å². The van der Waals surface area contributed by atoms with E-state index in [0.29, 0.717) is 0 Å². The molecule has 1 heterocycles. The standard InChI is InChI=1S/C17H28O2Si/c1-8-15-13-10-9-12(20(5,6)7)11-14(13)16(18-15)19-17(2,3)4/h9-11,15-16H,8H2,1-7H3. The highest BCUT2D eigenvalue weighted by atomic mass is 28.3. The van der Waals surface area contributed by atoms with E-state index in [2.05, 4.69) is 65.5 Å². The molecule has 0 aromatic heterocycles. The van der Waals surface area contributed by atoms with E-state index in [1.165, 1.54) is 16.3 Å². The van der Waals surface area contributed by atoms with E-state index < -0.39 is 8.07 Å². The molecule has 1 aliphatic heterocycles. The van der Waals surface area contributed by atoms with Gasteiger partial charge in [0.1, 0.15) is 0 Å². The van der Waals surface area contributed by atoms with Gasteiger partial charge in [-0.05, 0) is 32.8 Å². The fraction of sp³-hybridized carbons (Fsp3) is 0.647. The molecule has 0 spiro atoms. The molecule has 0 saturated carbocycles. The fourth-order valence-corrected chi connectivity index (χ4v) is 3.73. The summed E-state index contributed by atoms with van der Waals surface area (Å²) in [6.07, 6.45) is 0.947. The van der Waals surface area contributed by atoms with Crippen molar-refractivity contribution >= 4 is 13.3 Å². The van der Waals surface area contributed by atoms with Crippen molar-refractivity contribution in [3.05, 3.63) is 29.3 Å². The first-order valence-corrected chi connectivity index (χ1v) is 11.1. The van der Waals surface area contributed by atoms with Crippen molar-refractivity contribution in [1.82, 2.24) is 0 Å². The maximum atomic E-state index is 6.12. The van der Waals surface area contributed by atoms with Gasteiger partial charge >= 0.3 is 0 Å². The zero-order chi connectivity index (χ0) is 15.1. The van der Waals surface area contributed by atoms with E-state index in [9.17, 15) is 0 Å². The van der Waals surface area contributed by atoms with Crippen LogP contribution in [0, 0.1) is 0 Å². The van der Waals surface area contributed by atoms with E-state index in [4.69, 9.17) is 9.47 Å². The third-order valence-electron chi connectivity index (χ3n) is 3.67. The second-order valence-corrected chi connectivity index (χ2v) is 12.8. The van der Waals surface area contributed by atoms with Gasteiger partial charge in [0.15, 0.2) is 6.29 Å². The van der Waals surface area contributed by atoms with Crippen LogP contribution in [0.3, 0.4) is 0 Å². The van der Waals surface area contributed by atoms with Gasteiger partial charge in [0.2, 0.25) is 0 Å². The molecule has 0 fully saturated rings. The van der Waals surface area contributed by atoms with Crippen molar-refractivity contribution in [2.24, 2.45) is 0 Å². The third kappa shape index (κ3) is 3.33. The quantitative estimate of drug-likeness (QED) is 0.762. The molecule has 112 valence electrons. The molecule has 2 atom stereocenters. The van der Waals surface area contributed by atoms with E-state index in [1.807, 2.05) is 0 Å². The fourth-order valence-electron chi connectivity index (χ4n) is 2.56. The lowest BCUT2D eigenvalue weighted by Crippen LogP contribution is -2.38. The third-order valence-corrected chi connectivity index (χ3v) is 5.72. The van der Waals surface area contributed by atoms with Gasteiger partial charge in [0.05, 0.1) is 19.8 Å². The Morgan fingerprint density at radius 1 is 1.15 bits per heavy atom. The Morgan fingerprint density at radius 3 is 2.30 bits per heavy atom. The van der Waals surface area contributed by atoms with Crippen LogP contribution >= 0.6 is 0 Å². The van der Waals surface area contributed by atoms with Crippen LogP contribution in [0.1, 0.15) is 57.6 Å². The molecular formula is C17H28O2Si. The molecular weight excluding hydrogens is 264 g/mol. The number of hydrogen-bond donors (Lipinski definition) is 0. The first-order chi connectivity index (χ1) is 9.12. The number of ether oxygens (including phenoxy) is 2. The van der Waals surface area contributed by atoms with Crippen molar-refractivity contribution in [2.45, 2.75) is 71.8 Å². The maximum absolute atomic E-state index is 6.12. The van der Waals surface area contributed by atoms with Crippen LogP contribution in [0.4, 0.5) is 0 Å². The predicted octanol–water partition coefficient (Wildman–Crippen LogP) is 4.53. The van der Waals surface area contributed by atoms with Gasteiger partial charge in [0.25, 0.3) is 0 Å². The molecule has 0 N–H and O–H groups in total. The molecule has 0 saturated heterocycles. The first kappa shape index (κ1) is 15.7. The molecule has 0 aliphatic carbocycles. The molecule has 1 aromatic carbocycles. The lowest BCUT2D eigenvalue weighted by molar-refractivity contribution is -0.208. The Morgan fingerprint density at radius 2 is 1.80 bits per heavy atom. The highest BCUT2D eigenvalue weighted by Gasteiger charge is 2.35.